The van der Waals surface area contributed by atoms with Crippen LogP contribution in [-0.2, 0) is 5.41 Å². The highest BCUT2D eigenvalue weighted by molar-refractivity contribution is 5.45. The zero-order valence-electron chi connectivity index (χ0n) is 11.5. The molecule has 3 heteroatoms. The highest BCUT2D eigenvalue weighted by Crippen LogP contribution is 2.47. The summed E-state index contributed by atoms with van der Waals surface area (Å²) in [6.45, 7) is 8.49. The fourth-order valence-electron chi connectivity index (χ4n) is 3.00. The van der Waals surface area contributed by atoms with E-state index in [2.05, 4.69) is 12.2 Å². The zero-order valence-corrected chi connectivity index (χ0v) is 11.5. The van der Waals surface area contributed by atoms with Gasteiger partial charge in [0, 0.05) is 17.2 Å². The average Bonchev–Trinajstić information content (AvgIpc) is 2.55. The number of benzene rings is 1. The molecule has 1 atom stereocenters. The molecule has 0 aliphatic heterocycles. The maximum absolute atomic E-state index is 14.3. The van der Waals surface area contributed by atoms with E-state index in [-0.39, 0.29) is 23.1 Å². The molecule has 1 unspecified atom stereocenters. The summed E-state index contributed by atoms with van der Waals surface area (Å²) >= 11 is 0. The molecular weight excluding hydrogens is 232 g/mol. The SMILES string of the molecule is CCCNC1CC(C)(C)c2c(F)cc(C)c(F)c21. The molecule has 0 fully saturated rings. The van der Waals surface area contributed by atoms with Crippen LogP contribution in [0.15, 0.2) is 6.07 Å². The lowest BCUT2D eigenvalue weighted by Crippen LogP contribution is -2.22. The van der Waals surface area contributed by atoms with E-state index in [9.17, 15) is 8.78 Å². The summed E-state index contributed by atoms with van der Waals surface area (Å²) in [7, 11) is 0. The van der Waals surface area contributed by atoms with Crippen molar-refractivity contribution in [2.45, 2.75) is 52.0 Å². The van der Waals surface area contributed by atoms with Gasteiger partial charge >= 0.3 is 0 Å². The molecule has 1 aromatic carbocycles. The normalized spacial score (nSPS) is 21.1. The standard InChI is InChI=1S/C15H21F2N/c1-5-6-18-11-8-15(3,4)13-10(16)7-9(2)14(17)12(11)13/h7,11,18H,5-6,8H2,1-4H3. The first-order valence-corrected chi connectivity index (χ1v) is 6.61. The molecule has 18 heavy (non-hydrogen) atoms. The Labute approximate surface area is 108 Å². The van der Waals surface area contributed by atoms with Crippen LogP contribution in [0.2, 0.25) is 0 Å². The van der Waals surface area contributed by atoms with E-state index in [1.165, 1.54) is 6.07 Å². The van der Waals surface area contributed by atoms with Crippen LogP contribution in [0.5, 0.6) is 0 Å². The number of rotatable bonds is 3. The Morgan fingerprint density at radius 3 is 2.67 bits per heavy atom. The van der Waals surface area contributed by atoms with Crippen molar-refractivity contribution in [2.75, 3.05) is 6.54 Å². The molecule has 0 bridgehead atoms. The quantitative estimate of drug-likeness (QED) is 0.858. The van der Waals surface area contributed by atoms with E-state index >= 15 is 0 Å². The molecule has 1 nitrogen and oxygen atoms in total. The van der Waals surface area contributed by atoms with Crippen LogP contribution >= 0.6 is 0 Å². The van der Waals surface area contributed by atoms with Gasteiger partial charge in [-0.2, -0.15) is 0 Å². The zero-order chi connectivity index (χ0) is 13.5. The molecule has 0 aromatic heterocycles. The van der Waals surface area contributed by atoms with Gasteiger partial charge in [0.25, 0.3) is 0 Å². The van der Waals surface area contributed by atoms with E-state index in [1.54, 1.807) is 6.92 Å². The first-order valence-electron chi connectivity index (χ1n) is 6.61. The Bertz CT molecular complexity index is 466. The predicted molar refractivity (Wildman–Crippen MR) is 69.8 cm³/mol. The minimum atomic E-state index is -0.306. The molecule has 2 rings (SSSR count). The summed E-state index contributed by atoms with van der Waals surface area (Å²) in [5, 5.41) is 3.33. The molecule has 0 saturated carbocycles. The smallest absolute Gasteiger partial charge is 0.131 e. The van der Waals surface area contributed by atoms with Crippen molar-refractivity contribution in [1.29, 1.82) is 0 Å². The molecule has 100 valence electrons. The van der Waals surface area contributed by atoms with Crippen LogP contribution < -0.4 is 5.32 Å². The fourth-order valence-corrected chi connectivity index (χ4v) is 3.00. The topological polar surface area (TPSA) is 12.0 Å². The summed E-state index contributed by atoms with van der Waals surface area (Å²) in [5.41, 5.74) is 1.19. The Balaban J connectivity index is 2.53. The van der Waals surface area contributed by atoms with Crippen LogP contribution in [0.3, 0.4) is 0 Å². The molecule has 1 aliphatic carbocycles. The van der Waals surface area contributed by atoms with Gasteiger partial charge in [-0.1, -0.05) is 20.8 Å². The fraction of sp³-hybridized carbons (Fsp3) is 0.600. The molecular formula is C15H21F2N. The lowest BCUT2D eigenvalue weighted by molar-refractivity contribution is 0.416. The molecule has 0 amide bonds. The van der Waals surface area contributed by atoms with E-state index in [1.807, 2.05) is 13.8 Å². The number of hydrogen-bond donors (Lipinski definition) is 1. The van der Waals surface area contributed by atoms with Crippen molar-refractivity contribution in [1.82, 2.24) is 5.32 Å². The van der Waals surface area contributed by atoms with Crippen molar-refractivity contribution in [3.8, 4) is 0 Å². The van der Waals surface area contributed by atoms with E-state index < -0.39 is 0 Å². The minimum absolute atomic E-state index is 0.0654. The third-order valence-corrected chi connectivity index (χ3v) is 3.81. The third-order valence-electron chi connectivity index (χ3n) is 3.81. The second-order valence-electron chi connectivity index (χ2n) is 5.87. The lowest BCUT2D eigenvalue weighted by Gasteiger charge is -2.20. The van der Waals surface area contributed by atoms with Crippen molar-refractivity contribution in [2.24, 2.45) is 0 Å². The number of halogens is 2. The summed E-state index contributed by atoms with van der Waals surface area (Å²) in [6, 6.07) is 1.25. The molecule has 1 N–H and O–H groups in total. The average molecular weight is 253 g/mol. The molecule has 1 aliphatic rings. The van der Waals surface area contributed by atoms with Gasteiger partial charge in [-0.15, -0.1) is 0 Å². The van der Waals surface area contributed by atoms with Gasteiger partial charge in [-0.05, 0) is 43.4 Å². The van der Waals surface area contributed by atoms with Crippen molar-refractivity contribution in [3.05, 3.63) is 34.4 Å². The Hall–Kier alpha value is -0.960. The third kappa shape index (κ3) is 2.05. The first kappa shape index (κ1) is 13.5. The van der Waals surface area contributed by atoms with Gasteiger partial charge in [0.15, 0.2) is 0 Å². The molecule has 1 aromatic rings. The summed E-state index contributed by atoms with van der Waals surface area (Å²) < 4.78 is 28.4. The number of aryl methyl sites for hydroxylation is 1. The van der Waals surface area contributed by atoms with Crippen LogP contribution in [0.1, 0.15) is 56.3 Å². The highest BCUT2D eigenvalue weighted by atomic mass is 19.1. The van der Waals surface area contributed by atoms with E-state index in [0.29, 0.717) is 16.7 Å². The van der Waals surface area contributed by atoms with Gasteiger partial charge in [0.2, 0.25) is 0 Å². The number of hydrogen-bond acceptors (Lipinski definition) is 1. The van der Waals surface area contributed by atoms with Crippen molar-refractivity contribution in [3.63, 3.8) is 0 Å². The van der Waals surface area contributed by atoms with Gasteiger partial charge in [0.1, 0.15) is 11.6 Å². The van der Waals surface area contributed by atoms with Crippen LogP contribution in [-0.4, -0.2) is 6.54 Å². The second kappa shape index (κ2) is 4.61. The highest BCUT2D eigenvalue weighted by Gasteiger charge is 2.41. The largest absolute Gasteiger partial charge is 0.310 e. The number of nitrogens with one attached hydrogen (secondary N) is 1. The van der Waals surface area contributed by atoms with Crippen molar-refractivity contribution < 1.29 is 8.78 Å². The second-order valence-corrected chi connectivity index (χ2v) is 5.87. The molecule has 0 heterocycles. The Kier molecular flexibility index (Phi) is 3.45. The van der Waals surface area contributed by atoms with Crippen molar-refractivity contribution >= 4 is 0 Å². The number of fused-ring (bicyclic) bond motifs is 1. The van der Waals surface area contributed by atoms with Gasteiger partial charge < -0.3 is 5.32 Å². The summed E-state index contributed by atoms with van der Waals surface area (Å²) in [6.07, 6.45) is 1.74. The lowest BCUT2D eigenvalue weighted by atomic mass is 9.85. The van der Waals surface area contributed by atoms with Crippen LogP contribution in [0.25, 0.3) is 0 Å². The van der Waals surface area contributed by atoms with Crippen LogP contribution in [0, 0.1) is 18.6 Å². The van der Waals surface area contributed by atoms with Gasteiger partial charge in [0.05, 0.1) is 0 Å². The summed E-state index contributed by atoms with van der Waals surface area (Å²) in [5.74, 6) is -0.514. The summed E-state index contributed by atoms with van der Waals surface area (Å²) in [4.78, 5) is 0. The molecule has 0 spiro atoms. The Morgan fingerprint density at radius 2 is 2.06 bits per heavy atom. The van der Waals surface area contributed by atoms with Gasteiger partial charge in [-0.25, -0.2) is 8.78 Å². The predicted octanol–water partition coefficient (Wildman–Crippen LogP) is 4.00. The van der Waals surface area contributed by atoms with Crippen LogP contribution in [0.4, 0.5) is 8.78 Å². The van der Waals surface area contributed by atoms with Gasteiger partial charge in [-0.3, -0.25) is 0 Å². The molecule has 0 saturated heterocycles. The molecule has 0 radical (unpaired) electrons. The Morgan fingerprint density at radius 1 is 1.39 bits per heavy atom. The monoisotopic (exact) mass is 253 g/mol. The maximum Gasteiger partial charge on any atom is 0.131 e. The van der Waals surface area contributed by atoms with E-state index in [0.717, 1.165) is 19.4 Å². The first-order chi connectivity index (χ1) is 8.38. The van der Waals surface area contributed by atoms with E-state index in [4.69, 9.17) is 0 Å². The maximum atomic E-state index is 14.3. The minimum Gasteiger partial charge on any atom is -0.310 e.